The van der Waals surface area contributed by atoms with E-state index in [-0.39, 0.29) is 0 Å². The standard InChI is InChI=1S/C9H14N4O/c1-6(2)13-5-12-8-7(14)3-10-4-11-9(8)13/h4-7,14H,3H2,1-2H3,(H,10,11)/t7-/m1/s1. The minimum absolute atomic E-state index is 0.300. The third-order valence-corrected chi connectivity index (χ3v) is 2.26. The molecule has 5 heteroatoms. The Morgan fingerprint density at radius 3 is 3.14 bits per heavy atom. The summed E-state index contributed by atoms with van der Waals surface area (Å²) in [5, 5.41) is 12.6. The van der Waals surface area contributed by atoms with Gasteiger partial charge in [-0.25, -0.2) is 9.98 Å². The topological polar surface area (TPSA) is 62.4 Å². The molecular formula is C9H14N4O. The van der Waals surface area contributed by atoms with Crippen LogP contribution in [0.1, 0.15) is 31.7 Å². The van der Waals surface area contributed by atoms with Gasteiger partial charge in [-0.2, -0.15) is 0 Å². The van der Waals surface area contributed by atoms with Crippen LogP contribution in [0.4, 0.5) is 5.82 Å². The number of imidazole rings is 1. The molecule has 0 aliphatic carbocycles. The third kappa shape index (κ3) is 1.39. The monoisotopic (exact) mass is 194 g/mol. The first-order chi connectivity index (χ1) is 6.70. The first-order valence-electron chi connectivity index (χ1n) is 4.71. The van der Waals surface area contributed by atoms with Gasteiger partial charge in [0.2, 0.25) is 0 Å². The quantitative estimate of drug-likeness (QED) is 0.693. The van der Waals surface area contributed by atoms with Gasteiger partial charge in [-0.1, -0.05) is 0 Å². The van der Waals surface area contributed by atoms with Gasteiger partial charge in [0.25, 0.3) is 0 Å². The second-order valence-electron chi connectivity index (χ2n) is 3.64. The van der Waals surface area contributed by atoms with Gasteiger partial charge in [0.15, 0.2) is 5.82 Å². The maximum atomic E-state index is 9.72. The number of rotatable bonds is 1. The maximum Gasteiger partial charge on any atom is 0.160 e. The number of nitrogens with one attached hydrogen (secondary N) is 1. The minimum Gasteiger partial charge on any atom is -0.385 e. The third-order valence-electron chi connectivity index (χ3n) is 2.26. The molecule has 1 aromatic heterocycles. The summed E-state index contributed by atoms with van der Waals surface area (Å²) >= 11 is 0. The lowest BCUT2D eigenvalue weighted by Crippen LogP contribution is -2.17. The highest BCUT2D eigenvalue weighted by Gasteiger charge is 2.20. The normalized spacial score (nSPS) is 20.4. The van der Waals surface area contributed by atoms with E-state index in [4.69, 9.17) is 0 Å². The van der Waals surface area contributed by atoms with E-state index in [1.165, 1.54) is 0 Å². The predicted octanol–water partition coefficient (Wildman–Crippen LogP) is 0.760. The van der Waals surface area contributed by atoms with Crippen LogP contribution in [0.2, 0.25) is 0 Å². The summed E-state index contributed by atoms with van der Waals surface area (Å²) in [6, 6.07) is 0.300. The van der Waals surface area contributed by atoms with Crippen molar-refractivity contribution in [3.05, 3.63) is 12.0 Å². The number of fused-ring (bicyclic) bond motifs is 1. The Morgan fingerprint density at radius 1 is 1.64 bits per heavy atom. The van der Waals surface area contributed by atoms with Gasteiger partial charge in [-0.3, -0.25) is 0 Å². The molecular weight excluding hydrogens is 180 g/mol. The molecule has 0 unspecified atom stereocenters. The molecule has 0 spiro atoms. The molecule has 2 N–H and O–H groups in total. The van der Waals surface area contributed by atoms with Crippen LogP contribution in [-0.4, -0.2) is 27.5 Å². The Bertz CT molecular complexity index is 356. The van der Waals surface area contributed by atoms with E-state index in [1.807, 2.05) is 4.57 Å². The molecule has 2 rings (SSSR count). The van der Waals surface area contributed by atoms with Gasteiger partial charge in [0.05, 0.1) is 12.7 Å². The lowest BCUT2D eigenvalue weighted by molar-refractivity contribution is 0.179. The first-order valence-corrected chi connectivity index (χ1v) is 4.71. The summed E-state index contributed by atoms with van der Waals surface area (Å²) in [6.45, 7) is 4.58. The average Bonchev–Trinajstić information content (AvgIpc) is 2.48. The number of hydrogen-bond donors (Lipinski definition) is 2. The Morgan fingerprint density at radius 2 is 2.43 bits per heavy atom. The summed E-state index contributed by atoms with van der Waals surface area (Å²) in [4.78, 5) is 8.40. The summed E-state index contributed by atoms with van der Waals surface area (Å²) in [5.74, 6) is 0.748. The van der Waals surface area contributed by atoms with E-state index in [1.54, 1.807) is 12.7 Å². The number of β-amino-alcohol motifs (C(OH)–C–C–N with tert-alkyl or cyclic N) is 1. The van der Waals surface area contributed by atoms with Gasteiger partial charge in [-0.15, -0.1) is 0 Å². The smallest absolute Gasteiger partial charge is 0.160 e. The fraction of sp³-hybridized carbons (Fsp3) is 0.556. The van der Waals surface area contributed by atoms with Crippen LogP contribution in [0.5, 0.6) is 0 Å². The van der Waals surface area contributed by atoms with Crippen LogP contribution in [0.3, 0.4) is 0 Å². The molecule has 1 aromatic rings. The van der Waals surface area contributed by atoms with Crippen molar-refractivity contribution in [3.63, 3.8) is 0 Å². The Labute approximate surface area is 82.5 Å². The highest BCUT2D eigenvalue weighted by Crippen LogP contribution is 2.27. The molecule has 0 aromatic carbocycles. The average molecular weight is 194 g/mol. The second kappa shape index (κ2) is 3.42. The molecule has 0 fully saturated rings. The van der Waals surface area contributed by atoms with Crippen LogP contribution in [0.25, 0.3) is 0 Å². The Hall–Kier alpha value is -1.36. The van der Waals surface area contributed by atoms with Crippen molar-refractivity contribution in [2.45, 2.75) is 26.0 Å². The fourth-order valence-electron chi connectivity index (χ4n) is 1.48. The molecule has 5 nitrogen and oxygen atoms in total. The van der Waals surface area contributed by atoms with Crippen LogP contribution in [0, 0.1) is 0 Å². The zero-order valence-electron chi connectivity index (χ0n) is 8.31. The highest BCUT2D eigenvalue weighted by molar-refractivity contribution is 5.62. The summed E-state index contributed by atoms with van der Waals surface area (Å²) in [7, 11) is 0. The van der Waals surface area contributed by atoms with Crippen molar-refractivity contribution in [1.29, 1.82) is 0 Å². The SMILES string of the molecule is CC(C)n1cnc2c1N=CNC[C@H]2O. The molecule has 1 atom stereocenters. The summed E-state index contributed by atoms with van der Waals surface area (Å²) in [5.41, 5.74) is 0.653. The van der Waals surface area contributed by atoms with Crippen molar-refractivity contribution in [3.8, 4) is 0 Å². The van der Waals surface area contributed by atoms with Gasteiger partial charge >= 0.3 is 0 Å². The van der Waals surface area contributed by atoms with Crippen LogP contribution >= 0.6 is 0 Å². The number of aromatic nitrogens is 2. The van der Waals surface area contributed by atoms with Crippen molar-refractivity contribution in [1.82, 2.24) is 14.9 Å². The van der Waals surface area contributed by atoms with Crippen molar-refractivity contribution < 1.29 is 5.11 Å². The Kier molecular flexibility index (Phi) is 2.25. The second-order valence-corrected chi connectivity index (χ2v) is 3.64. The fourth-order valence-corrected chi connectivity index (χ4v) is 1.48. The van der Waals surface area contributed by atoms with Gasteiger partial charge in [0.1, 0.15) is 11.8 Å². The van der Waals surface area contributed by atoms with Gasteiger partial charge in [-0.05, 0) is 13.8 Å². The summed E-state index contributed by atoms with van der Waals surface area (Å²) < 4.78 is 1.95. The molecule has 0 saturated heterocycles. The van der Waals surface area contributed by atoms with E-state index in [9.17, 15) is 5.11 Å². The van der Waals surface area contributed by atoms with E-state index in [0.717, 1.165) is 5.82 Å². The van der Waals surface area contributed by atoms with Crippen molar-refractivity contribution >= 4 is 12.2 Å². The van der Waals surface area contributed by atoms with Crippen LogP contribution in [-0.2, 0) is 0 Å². The van der Waals surface area contributed by atoms with Gasteiger partial charge < -0.3 is 15.0 Å². The van der Waals surface area contributed by atoms with Crippen LogP contribution in [0.15, 0.2) is 11.3 Å². The minimum atomic E-state index is -0.576. The predicted molar refractivity (Wildman–Crippen MR) is 53.7 cm³/mol. The molecule has 76 valence electrons. The molecule has 0 bridgehead atoms. The van der Waals surface area contributed by atoms with Gasteiger partial charge in [0, 0.05) is 12.6 Å². The maximum absolute atomic E-state index is 9.72. The highest BCUT2D eigenvalue weighted by atomic mass is 16.3. The van der Waals surface area contributed by atoms with Crippen molar-refractivity contribution in [2.24, 2.45) is 4.99 Å². The molecule has 14 heavy (non-hydrogen) atoms. The first kappa shape index (κ1) is 9.21. The van der Waals surface area contributed by atoms with Crippen molar-refractivity contribution in [2.75, 3.05) is 6.54 Å². The Balaban J connectivity index is 2.48. The largest absolute Gasteiger partial charge is 0.385 e. The number of aliphatic hydroxyl groups excluding tert-OH is 1. The zero-order valence-corrected chi connectivity index (χ0v) is 8.31. The van der Waals surface area contributed by atoms with E-state index >= 15 is 0 Å². The lowest BCUT2D eigenvalue weighted by atomic mass is 10.2. The number of aliphatic hydroxyl groups is 1. The molecule has 2 heterocycles. The molecule has 1 aliphatic rings. The summed E-state index contributed by atoms with van der Waals surface area (Å²) in [6.07, 6.45) is 2.75. The molecule has 1 aliphatic heterocycles. The number of nitrogens with zero attached hydrogens (tertiary/aromatic N) is 3. The van der Waals surface area contributed by atoms with Crippen LogP contribution < -0.4 is 5.32 Å². The molecule has 0 amide bonds. The van der Waals surface area contributed by atoms with E-state index in [2.05, 4.69) is 29.1 Å². The number of aliphatic imine (C=N–C) groups is 1. The lowest BCUT2D eigenvalue weighted by Gasteiger charge is -2.09. The zero-order chi connectivity index (χ0) is 10.1. The van der Waals surface area contributed by atoms with E-state index in [0.29, 0.717) is 18.3 Å². The van der Waals surface area contributed by atoms with E-state index < -0.39 is 6.10 Å². The molecule has 0 saturated carbocycles. The number of hydrogen-bond acceptors (Lipinski definition) is 4. The molecule has 0 radical (unpaired) electrons.